The molecule has 1 aromatic carbocycles. The molecule has 2 atom stereocenters. The van der Waals surface area contributed by atoms with E-state index in [1.165, 1.54) is 32.4 Å². The number of rotatable bonds is 5. The van der Waals surface area contributed by atoms with Gasteiger partial charge < -0.3 is 14.7 Å². The molecule has 3 saturated heterocycles. The van der Waals surface area contributed by atoms with Gasteiger partial charge in [0.25, 0.3) is 0 Å². The molecule has 5 rings (SSSR count). The maximum absolute atomic E-state index is 11.4. The van der Waals surface area contributed by atoms with Crippen molar-refractivity contribution in [1.82, 2.24) is 4.90 Å². The predicted octanol–water partition coefficient (Wildman–Crippen LogP) is 2.79. The van der Waals surface area contributed by atoms with Crippen molar-refractivity contribution in [2.45, 2.75) is 43.8 Å². The summed E-state index contributed by atoms with van der Waals surface area (Å²) < 4.78 is 6.30. The van der Waals surface area contributed by atoms with Crippen LogP contribution in [0.15, 0.2) is 30.3 Å². The normalized spacial score (nSPS) is 34.1. The molecule has 3 heteroatoms. The monoisotopic (exact) mass is 301 g/mol. The van der Waals surface area contributed by atoms with Gasteiger partial charge in [-0.3, -0.25) is 0 Å². The van der Waals surface area contributed by atoms with Crippen LogP contribution in [0.5, 0.6) is 0 Å². The number of piperidine rings is 3. The molecule has 3 heterocycles. The molecule has 1 unspecified atom stereocenters. The van der Waals surface area contributed by atoms with Crippen molar-refractivity contribution in [2.75, 3.05) is 26.2 Å². The average molecular weight is 301 g/mol. The zero-order valence-corrected chi connectivity index (χ0v) is 13.3. The first-order valence-electron chi connectivity index (χ1n) is 8.87. The first-order chi connectivity index (χ1) is 10.8. The number of benzene rings is 1. The van der Waals surface area contributed by atoms with Gasteiger partial charge in [-0.05, 0) is 56.2 Å². The highest BCUT2D eigenvalue weighted by atomic mass is 16.5. The van der Waals surface area contributed by atoms with Gasteiger partial charge in [-0.2, -0.15) is 0 Å². The van der Waals surface area contributed by atoms with E-state index in [0.29, 0.717) is 24.5 Å². The Labute approximate surface area is 133 Å². The van der Waals surface area contributed by atoms with Crippen molar-refractivity contribution in [3.05, 3.63) is 35.9 Å². The number of hydrogen-bond acceptors (Lipinski definition) is 3. The summed E-state index contributed by atoms with van der Waals surface area (Å²) in [5, 5.41) is 11.4. The third-order valence-corrected chi connectivity index (χ3v) is 6.17. The Balaban J connectivity index is 1.47. The summed E-state index contributed by atoms with van der Waals surface area (Å²) in [5.41, 5.74) is 0.229. The smallest absolute Gasteiger partial charge is 0.116 e. The Morgan fingerprint density at radius 2 is 1.82 bits per heavy atom. The van der Waals surface area contributed by atoms with Gasteiger partial charge in [0.15, 0.2) is 0 Å². The van der Waals surface area contributed by atoms with Crippen LogP contribution in [-0.4, -0.2) is 42.4 Å². The van der Waals surface area contributed by atoms with Crippen LogP contribution in [0.2, 0.25) is 0 Å². The molecule has 2 bridgehead atoms. The molecule has 22 heavy (non-hydrogen) atoms. The van der Waals surface area contributed by atoms with Crippen LogP contribution in [0.25, 0.3) is 0 Å². The second-order valence-electron chi connectivity index (χ2n) is 7.41. The van der Waals surface area contributed by atoms with Crippen LogP contribution in [0, 0.1) is 11.8 Å². The van der Waals surface area contributed by atoms with Crippen molar-refractivity contribution in [1.29, 1.82) is 0 Å². The molecule has 0 spiro atoms. The van der Waals surface area contributed by atoms with E-state index in [4.69, 9.17) is 4.74 Å². The summed E-state index contributed by atoms with van der Waals surface area (Å²) >= 11 is 0. The fraction of sp³-hybridized carbons (Fsp3) is 0.684. The van der Waals surface area contributed by atoms with E-state index in [-0.39, 0.29) is 0 Å². The van der Waals surface area contributed by atoms with Gasteiger partial charge in [-0.1, -0.05) is 36.8 Å². The molecular formula is C19H27NO2. The van der Waals surface area contributed by atoms with Gasteiger partial charge in [-0.25, -0.2) is 0 Å². The highest BCUT2D eigenvalue weighted by molar-refractivity contribution is 5.24. The minimum atomic E-state index is -0.800. The third kappa shape index (κ3) is 2.60. The number of ether oxygens (including phenoxy) is 1. The van der Waals surface area contributed by atoms with Crippen LogP contribution < -0.4 is 0 Å². The lowest BCUT2D eigenvalue weighted by Crippen LogP contribution is -2.53. The highest BCUT2D eigenvalue weighted by Gasteiger charge is 2.43. The molecule has 0 radical (unpaired) electrons. The molecular weight excluding hydrogens is 274 g/mol. The number of hydrogen-bond donors (Lipinski definition) is 1. The molecule has 0 amide bonds. The Bertz CT molecular complexity index is 493. The van der Waals surface area contributed by atoms with Crippen LogP contribution >= 0.6 is 0 Å². The average Bonchev–Trinajstić information content (AvgIpc) is 2.53. The standard InChI is InChI=1S/C19H27NO2/c21-19(17-7-4-8-17,16-5-2-1-3-6-16)14-22-18-13-20-11-9-15(18)10-12-20/h1-3,5-6,15,17-18,21H,4,7-14H2/t18-,19?/m0/s1. The van der Waals surface area contributed by atoms with Crippen molar-refractivity contribution in [2.24, 2.45) is 11.8 Å². The highest BCUT2D eigenvalue weighted by Crippen LogP contribution is 2.43. The van der Waals surface area contributed by atoms with E-state index in [0.717, 1.165) is 24.9 Å². The van der Waals surface area contributed by atoms with Gasteiger partial charge in [0.2, 0.25) is 0 Å². The Morgan fingerprint density at radius 3 is 2.36 bits per heavy atom. The first-order valence-corrected chi connectivity index (χ1v) is 8.87. The van der Waals surface area contributed by atoms with Gasteiger partial charge in [0, 0.05) is 6.54 Å². The summed E-state index contributed by atoms with van der Waals surface area (Å²) in [5.74, 6) is 1.06. The maximum Gasteiger partial charge on any atom is 0.116 e. The summed E-state index contributed by atoms with van der Waals surface area (Å²) in [6.07, 6.45) is 6.32. The number of aliphatic hydroxyl groups is 1. The summed E-state index contributed by atoms with van der Waals surface area (Å²) in [4.78, 5) is 2.51. The van der Waals surface area contributed by atoms with Crippen LogP contribution in [-0.2, 0) is 10.3 Å². The fourth-order valence-electron chi connectivity index (χ4n) is 4.38. The molecule has 1 aliphatic carbocycles. The van der Waals surface area contributed by atoms with Gasteiger partial charge >= 0.3 is 0 Å². The lowest BCUT2D eigenvalue weighted by Gasteiger charge is -2.47. The molecule has 1 aromatic rings. The zero-order valence-electron chi connectivity index (χ0n) is 13.3. The quantitative estimate of drug-likeness (QED) is 0.908. The lowest BCUT2D eigenvalue weighted by atomic mass is 9.70. The Kier molecular flexibility index (Phi) is 3.97. The van der Waals surface area contributed by atoms with Crippen molar-refractivity contribution in [3.63, 3.8) is 0 Å². The molecule has 4 aliphatic rings. The number of nitrogens with zero attached hydrogens (tertiary/aromatic N) is 1. The number of fused-ring (bicyclic) bond motifs is 3. The topological polar surface area (TPSA) is 32.7 Å². The second-order valence-corrected chi connectivity index (χ2v) is 7.41. The largest absolute Gasteiger partial charge is 0.382 e. The van der Waals surface area contributed by atoms with Crippen LogP contribution in [0.4, 0.5) is 0 Å². The lowest BCUT2D eigenvalue weighted by molar-refractivity contribution is -0.155. The third-order valence-electron chi connectivity index (χ3n) is 6.17. The molecule has 4 fully saturated rings. The fourth-order valence-corrected chi connectivity index (χ4v) is 4.38. The second kappa shape index (κ2) is 5.95. The maximum atomic E-state index is 11.4. The molecule has 3 aliphatic heterocycles. The van der Waals surface area contributed by atoms with Crippen molar-refractivity contribution < 1.29 is 9.84 Å². The summed E-state index contributed by atoms with van der Waals surface area (Å²) in [7, 11) is 0. The van der Waals surface area contributed by atoms with Crippen molar-refractivity contribution in [3.8, 4) is 0 Å². The van der Waals surface area contributed by atoms with Gasteiger partial charge in [0.05, 0.1) is 12.7 Å². The molecule has 1 saturated carbocycles. The van der Waals surface area contributed by atoms with Gasteiger partial charge in [0.1, 0.15) is 5.60 Å². The van der Waals surface area contributed by atoms with E-state index < -0.39 is 5.60 Å². The van der Waals surface area contributed by atoms with E-state index in [1.54, 1.807) is 0 Å². The summed E-state index contributed by atoms with van der Waals surface area (Å²) in [6.45, 7) is 3.98. The van der Waals surface area contributed by atoms with Crippen molar-refractivity contribution >= 4 is 0 Å². The van der Waals surface area contributed by atoms with Crippen LogP contribution in [0.3, 0.4) is 0 Å². The van der Waals surface area contributed by atoms with E-state index in [1.807, 2.05) is 18.2 Å². The molecule has 0 aromatic heterocycles. The zero-order chi connectivity index (χ0) is 15.0. The summed E-state index contributed by atoms with van der Waals surface area (Å²) in [6, 6.07) is 10.2. The minimum Gasteiger partial charge on any atom is -0.382 e. The van der Waals surface area contributed by atoms with E-state index in [9.17, 15) is 5.11 Å². The Hall–Kier alpha value is -0.900. The first kappa shape index (κ1) is 14.7. The van der Waals surface area contributed by atoms with Gasteiger partial charge in [-0.15, -0.1) is 0 Å². The Morgan fingerprint density at radius 1 is 1.09 bits per heavy atom. The van der Waals surface area contributed by atoms with E-state index >= 15 is 0 Å². The SMILES string of the molecule is OC(CO[C@H]1CN2CCC1CC2)(c1ccccc1)C1CCC1. The molecule has 1 N–H and O–H groups in total. The predicted molar refractivity (Wildman–Crippen MR) is 86.6 cm³/mol. The van der Waals surface area contributed by atoms with Crippen LogP contribution in [0.1, 0.15) is 37.7 Å². The minimum absolute atomic E-state index is 0.317. The molecule has 3 nitrogen and oxygen atoms in total. The molecule has 120 valence electrons. The van der Waals surface area contributed by atoms with E-state index in [2.05, 4.69) is 17.0 Å².